The van der Waals surface area contributed by atoms with Gasteiger partial charge in [-0.2, -0.15) is 0 Å². The zero-order valence-electron chi connectivity index (χ0n) is 8.44. The third-order valence-corrected chi connectivity index (χ3v) is 2.73. The van der Waals surface area contributed by atoms with Crippen LogP contribution in [0.4, 0.5) is 0 Å². The van der Waals surface area contributed by atoms with Gasteiger partial charge in [-0.3, -0.25) is 0 Å². The molecule has 0 atom stereocenters. The van der Waals surface area contributed by atoms with Crippen molar-refractivity contribution in [1.29, 1.82) is 0 Å². The summed E-state index contributed by atoms with van der Waals surface area (Å²) in [5, 5.41) is 0. The van der Waals surface area contributed by atoms with Crippen LogP contribution in [0.2, 0.25) is 0 Å². The molecule has 2 aromatic carbocycles. The van der Waals surface area contributed by atoms with Gasteiger partial charge in [-0.1, -0.05) is 42.5 Å². The van der Waals surface area contributed by atoms with Crippen molar-refractivity contribution in [3.8, 4) is 11.1 Å². The largest absolute Gasteiger partial charge is 0.429 e. The average molecular weight is 227 g/mol. The molecule has 3 heteroatoms. The molecular formula is C13H9NOS. The van der Waals surface area contributed by atoms with Crippen molar-refractivity contribution >= 4 is 23.3 Å². The second-order valence-electron chi connectivity index (χ2n) is 3.56. The summed E-state index contributed by atoms with van der Waals surface area (Å²) in [7, 11) is 0. The van der Waals surface area contributed by atoms with Crippen molar-refractivity contribution in [2.75, 3.05) is 0 Å². The fourth-order valence-corrected chi connectivity index (χ4v) is 2.02. The minimum absolute atomic E-state index is 0.415. The van der Waals surface area contributed by atoms with Crippen molar-refractivity contribution in [3.63, 3.8) is 0 Å². The molecule has 0 aliphatic heterocycles. The summed E-state index contributed by atoms with van der Waals surface area (Å²) in [6.45, 7) is 0. The zero-order valence-corrected chi connectivity index (χ0v) is 9.25. The van der Waals surface area contributed by atoms with E-state index in [0.29, 0.717) is 4.84 Å². The first-order chi connectivity index (χ1) is 7.84. The highest BCUT2D eigenvalue weighted by Crippen LogP contribution is 2.27. The van der Waals surface area contributed by atoms with Crippen molar-refractivity contribution < 1.29 is 4.42 Å². The molecule has 3 aromatic rings. The SMILES string of the molecule is S=c1[nH]c2c(-c3ccccc3)cccc2o1. The van der Waals surface area contributed by atoms with Gasteiger partial charge < -0.3 is 9.40 Å². The van der Waals surface area contributed by atoms with Gasteiger partial charge in [0, 0.05) is 5.56 Å². The first-order valence-electron chi connectivity index (χ1n) is 5.02. The van der Waals surface area contributed by atoms with Crippen LogP contribution in [0.1, 0.15) is 0 Å². The van der Waals surface area contributed by atoms with E-state index in [0.717, 1.165) is 22.2 Å². The molecule has 0 unspecified atom stereocenters. The first-order valence-corrected chi connectivity index (χ1v) is 5.43. The highest BCUT2D eigenvalue weighted by Gasteiger charge is 2.05. The molecule has 0 radical (unpaired) electrons. The fraction of sp³-hybridized carbons (Fsp3) is 0. The van der Waals surface area contributed by atoms with Gasteiger partial charge in [0.05, 0.1) is 5.52 Å². The van der Waals surface area contributed by atoms with E-state index in [1.807, 2.05) is 30.3 Å². The van der Waals surface area contributed by atoms with Crippen LogP contribution in [0.5, 0.6) is 0 Å². The Labute approximate surface area is 97.5 Å². The van der Waals surface area contributed by atoms with E-state index in [4.69, 9.17) is 16.6 Å². The van der Waals surface area contributed by atoms with E-state index in [-0.39, 0.29) is 0 Å². The molecule has 0 saturated carbocycles. The van der Waals surface area contributed by atoms with E-state index in [2.05, 4.69) is 23.2 Å². The van der Waals surface area contributed by atoms with E-state index >= 15 is 0 Å². The molecule has 0 bridgehead atoms. The molecule has 1 N–H and O–H groups in total. The Morgan fingerprint density at radius 3 is 2.56 bits per heavy atom. The number of rotatable bonds is 1. The van der Waals surface area contributed by atoms with Gasteiger partial charge >= 0.3 is 0 Å². The number of oxazole rings is 1. The molecule has 0 saturated heterocycles. The van der Waals surface area contributed by atoms with Gasteiger partial charge in [0.1, 0.15) is 0 Å². The number of aromatic nitrogens is 1. The van der Waals surface area contributed by atoms with Crippen LogP contribution in [0.3, 0.4) is 0 Å². The molecule has 0 amide bonds. The standard InChI is InChI=1S/C13H9NOS/c16-13-14-12-10(7-4-8-11(12)15-13)9-5-2-1-3-6-9/h1-8H,(H,14,16). The van der Waals surface area contributed by atoms with E-state index in [1.54, 1.807) is 0 Å². The maximum Gasteiger partial charge on any atom is 0.266 e. The lowest BCUT2D eigenvalue weighted by Gasteiger charge is -2.01. The summed E-state index contributed by atoms with van der Waals surface area (Å²) in [6.07, 6.45) is 0. The van der Waals surface area contributed by atoms with Crippen LogP contribution in [-0.2, 0) is 0 Å². The third kappa shape index (κ3) is 1.46. The lowest BCUT2D eigenvalue weighted by Crippen LogP contribution is -1.79. The summed E-state index contributed by atoms with van der Waals surface area (Å²) < 4.78 is 5.39. The highest BCUT2D eigenvalue weighted by atomic mass is 32.1. The Bertz CT molecular complexity index is 682. The summed E-state index contributed by atoms with van der Waals surface area (Å²) in [5.74, 6) is 0. The number of benzene rings is 2. The average Bonchev–Trinajstić information content (AvgIpc) is 2.70. The minimum atomic E-state index is 0.415. The maximum absolute atomic E-state index is 5.39. The Morgan fingerprint density at radius 2 is 1.75 bits per heavy atom. The summed E-state index contributed by atoms with van der Waals surface area (Å²) in [5.41, 5.74) is 4.02. The minimum Gasteiger partial charge on any atom is -0.429 e. The molecule has 0 spiro atoms. The van der Waals surface area contributed by atoms with Crippen molar-refractivity contribution in [1.82, 2.24) is 4.98 Å². The Balaban J connectivity index is 2.36. The monoisotopic (exact) mass is 227 g/mol. The van der Waals surface area contributed by atoms with Crippen LogP contribution in [0, 0.1) is 4.84 Å². The van der Waals surface area contributed by atoms with Gasteiger partial charge in [-0.25, -0.2) is 0 Å². The molecule has 1 heterocycles. The number of para-hydroxylation sites is 1. The van der Waals surface area contributed by atoms with E-state index < -0.39 is 0 Å². The number of hydrogen-bond acceptors (Lipinski definition) is 2. The smallest absolute Gasteiger partial charge is 0.266 e. The zero-order chi connectivity index (χ0) is 11.0. The number of nitrogens with one attached hydrogen (secondary N) is 1. The van der Waals surface area contributed by atoms with Crippen LogP contribution in [0.15, 0.2) is 52.9 Å². The maximum atomic E-state index is 5.39. The molecule has 3 rings (SSSR count). The Kier molecular flexibility index (Phi) is 2.11. The molecule has 0 aliphatic carbocycles. The molecule has 16 heavy (non-hydrogen) atoms. The molecule has 1 aromatic heterocycles. The van der Waals surface area contributed by atoms with Crippen LogP contribution in [-0.4, -0.2) is 4.98 Å². The van der Waals surface area contributed by atoms with Gasteiger partial charge in [0.25, 0.3) is 4.84 Å². The van der Waals surface area contributed by atoms with Crippen molar-refractivity contribution in [2.24, 2.45) is 0 Å². The van der Waals surface area contributed by atoms with E-state index in [9.17, 15) is 0 Å². The molecule has 2 nitrogen and oxygen atoms in total. The lowest BCUT2D eigenvalue weighted by molar-refractivity contribution is 0.583. The third-order valence-electron chi connectivity index (χ3n) is 2.54. The Morgan fingerprint density at radius 1 is 0.938 bits per heavy atom. The number of hydrogen-bond donors (Lipinski definition) is 1. The summed E-state index contributed by atoms with van der Waals surface area (Å²) in [4.78, 5) is 3.49. The van der Waals surface area contributed by atoms with Gasteiger partial charge in [0.15, 0.2) is 5.58 Å². The second-order valence-corrected chi connectivity index (χ2v) is 3.93. The molecular weight excluding hydrogens is 218 g/mol. The van der Waals surface area contributed by atoms with Gasteiger partial charge in [-0.15, -0.1) is 0 Å². The highest BCUT2D eigenvalue weighted by molar-refractivity contribution is 7.71. The molecule has 0 aliphatic rings. The Hall–Kier alpha value is -1.87. The predicted molar refractivity (Wildman–Crippen MR) is 66.8 cm³/mol. The quantitative estimate of drug-likeness (QED) is 0.632. The first kappa shape index (κ1) is 9.36. The van der Waals surface area contributed by atoms with Crippen LogP contribution in [0.25, 0.3) is 22.2 Å². The molecule has 78 valence electrons. The topological polar surface area (TPSA) is 28.9 Å². The summed E-state index contributed by atoms with van der Waals surface area (Å²) >= 11 is 5.00. The predicted octanol–water partition coefficient (Wildman–Crippen LogP) is 4.16. The lowest BCUT2D eigenvalue weighted by atomic mass is 10.0. The number of aromatic amines is 1. The normalized spacial score (nSPS) is 10.8. The van der Waals surface area contributed by atoms with Gasteiger partial charge in [-0.05, 0) is 23.8 Å². The van der Waals surface area contributed by atoms with Crippen LogP contribution < -0.4 is 0 Å². The fourth-order valence-electron chi connectivity index (χ4n) is 1.83. The number of H-pyrrole nitrogens is 1. The van der Waals surface area contributed by atoms with Crippen LogP contribution >= 0.6 is 12.2 Å². The van der Waals surface area contributed by atoms with Crippen molar-refractivity contribution in [2.45, 2.75) is 0 Å². The van der Waals surface area contributed by atoms with Gasteiger partial charge in [0.2, 0.25) is 0 Å². The van der Waals surface area contributed by atoms with Crippen molar-refractivity contribution in [3.05, 3.63) is 53.4 Å². The molecule has 0 fully saturated rings. The second kappa shape index (κ2) is 3.61. The number of fused-ring (bicyclic) bond motifs is 1. The summed E-state index contributed by atoms with van der Waals surface area (Å²) in [6, 6.07) is 16.1. The van der Waals surface area contributed by atoms with E-state index in [1.165, 1.54) is 0 Å².